The second kappa shape index (κ2) is 5.38. The molecule has 0 aliphatic carbocycles. The van der Waals surface area contributed by atoms with Crippen LogP contribution < -0.4 is 0 Å². The number of hydrogen-bond donors (Lipinski definition) is 0. The van der Waals surface area contributed by atoms with Crippen molar-refractivity contribution in [3.05, 3.63) is 56.0 Å². The second-order valence-electron chi connectivity index (χ2n) is 3.55. The summed E-state index contributed by atoms with van der Waals surface area (Å²) in [5.74, 6) is 0. The third kappa shape index (κ3) is 2.58. The zero-order valence-corrected chi connectivity index (χ0v) is 11.9. The lowest BCUT2D eigenvalue weighted by Gasteiger charge is -2.09. The summed E-state index contributed by atoms with van der Waals surface area (Å²) < 4.78 is 0. The number of nitriles is 1. The fourth-order valence-electron chi connectivity index (χ4n) is 1.58. The van der Waals surface area contributed by atoms with Crippen molar-refractivity contribution in [2.24, 2.45) is 0 Å². The molecule has 0 heterocycles. The van der Waals surface area contributed by atoms with Crippen LogP contribution in [0.15, 0.2) is 30.3 Å². The number of rotatable bonds is 1. The smallest absolute Gasteiger partial charge is 0.101 e. The van der Waals surface area contributed by atoms with E-state index in [9.17, 15) is 0 Å². The van der Waals surface area contributed by atoms with E-state index in [-0.39, 0.29) is 0 Å². The van der Waals surface area contributed by atoms with Gasteiger partial charge in [0.2, 0.25) is 0 Å². The van der Waals surface area contributed by atoms with Crippen LogP contribution >= 0.6 is 46.4 Å². The van der Waals surface area contributed by atoms with E-state index in [1.165, 1.54) is 0 Å². The monoisotopic (exact) mass is 315 g/mol. The molecule has 0 bridgehead atoms. The number of benzene rings is 2. The minimum atomic E-state index is 0.372. The first kappa shape index (κ1) is 13.5. The fourth-order valence-corrected chi connectivity index (χ4v) is 2.78. The summed E-state index contributed by atoms with van der Waals surface area (Å²) in [5.41, 5.74) is 1.73. The van der Waals surface area contributed by atoms with E-state index in [0.717, 1.165) is 5.56 Å². The maximum Gasteiger partial charge on any atom is 0.101 e. The van der Waals surface area contributed by atoms with Gasteiger partial charge in [-0.2, -0.15) is 5.26 Å². The standard InChI is InChI=1S/C13H5Cl4N/c14-9-4-11(16)13(12(17)5-9)7-1-2-10(15)8(3-7)6-18/h1-5H. The summed E-state index contributed by atoms with van der Waals surface area (Å²) >= 11 is 24.0. The zero-order valence-electron chi connectivity index (χ0n) is 8.85. The zero-order chi connectivity index (χ0) is 13.3. The largest absolute Gasteiger partial charge is 0.192 e. The lowest BCUT2D eigenvalue weighted by Crippen LogP contribution is -1.85. The molecule has 0 aromatic heterocycles. The molecule has 18 heavy (non-hydrogen) atoms. The molecule has 2 rings (SSSR count). The summed E-state index contributed by atoms with van der Waals surface area (Å²) in [7, 11) is 0. The molecular weight excluding hydrogens is 312 g/mol. The summed E-state index contributed by atoms with van der Waals surface area (Å²) in [5, 5.41) is 10.7. The maximum atomic E-state index is 8.95. The molecule has 0 spiro atoms. The van der Waals surface area contributed by atoms with Crippen molar-refractivity contribution in [3.63, 3.8) is 0 Å². The average Bonchev–Trinajstić information content (AvgIpc) is 2.30. The van der Waals surface area contributed by atoms with Gasteiger partial charge >= 0.3 is 0 Å². The van der Waals surface area contributed by atoms with Crippen molar-refractivity contribution < 1.29 is 0 Å². The van der Waals surface area contributed by atoms with Gasteiger partial charge in [-0.3, -0.25) is 0 Å². The molecule has 0 atom stereocenters. The van der Waals surface area contributed by atoms with E-state index in [2.05, 4.69) is 0 Å². The molecule has 5 heteroatoms. The molecule has 0 fully saturated rings. The first-order chi connectivity index (χ1) is 8.52. The second-order valence-corrected chi connectivity index (χ2v) is 5.21. The SMILES string of the molecule is N#Cc1cc(-c2c(Cl)cc(Cl)cc2Cl)ccc1Cl. The molecule has 2 aromatic rings. The van der Waals surface area contributed by atoms with Crippen LogP contribution in [0, 0.1) is 11.3 Å². The first-order valence-corrected chi connectivity index (χ1v) is 6.38. The van der Waals surface area contributed by atoms with Crippen LogP contribution in [0.2, 0.25) is 20.1 Å². The molecule has 0 radical (unpaired) electrons. The molecular formula is C13H5Cl4N. The van der Waals surface area contributed by atoms with Gasteiger partial charge in [0.15, 0.2) is 0 Å². The minimum Gasteiger partial charge on any atom is -0.192 e. The summed E-state index contributed by atoms with van der Waals surface area (Å²) in [6.07, 6.45) is 0. The maximum absolute atomic E-state index is 8.95. The Morgan fingerprint density at radius 3 is 2.00 bits per heavy atom. The molecule has 0 saturated carbocycles. The van der Waals surface area contributed by atoms with Gasteiger partial charge in [0.1, 0.15) is 6.07 Å². The molecule has 0 aliphatic heterocycles. The summed E-state index contributed by atoms with van der Waals surface area (Å²) in [6, 6.07) is 10.2. The van der Waals surface area contributed by atoms with Crippen LogP contribution in [0.1, 0.15) is 5.56 Å². The van der Waals surface area contributed by atoms with E-state index < -0.39 is 0 Å². The van der Waals surface area contributed by atoms with Crippen LogP contribution in [-0.4, -0.2) is 0 Å². The van der Waals surface area contributed by atoms with Gasteiger partial charge in [-0.05, 0) is 29.8 Å². The van der Waals surface area contributed by atoms with E-state index in [1.807, 2.05) is 6.07 Å². The Labute approximate surface area is 124 Å². The summed E-state index contributed by atoms with van der Waals surface area (Å²) in [4.78, 5) is 0. The Morgan fingerprint density at radius 2 is 1.44 bits per heavy atom. The quantitative estimate of drug-likeness (QED) is 0.648. The van der Waals surface area contributed by atoms with Gasteiger partial charge in [0, 0.05) is 10.6 Å². The molecule has 1 nitrogen and oxygen atoms in total. The highest BCUT2D eigenvalue weighted by Gasteiger charge is 2.12. The van der Waals surface area contributed by atoms with Crippen LogP contribution in [0.25, 0.3) is 11.1 Å². The number of halogens is 4. The molecule has 0 N–H and O–H groups in total. The van der Waals surface area contributed by atoms with Crippen LogP contribution in [0.3, 0.4) is 0 Å². The van der Waals surface area contributed by atoms with Gasteiger partial charge in [0.05, 0.1) is 20.6 Å². The van der Waals surface area contributed by atoms with E-state index in [0.29, 0.717) is 31.2 Å². The first-order valence-electron chi connectivity index (χ1n) is 4.87. The van der Waals surface area contributed by atoms with Crippen LogP contribution in [0.5, 0.6) is 0 Å². The molecule has 90 valence electrons. The lowest BCUT2D eigenvalue weighted by molar-refractivity contribution is 1.48. The van der Waals surface area contributed by atoms with Gasteiger partial charge in [-0.15, -0.1) is 0 Å². The Hall–Kier alpha value is -0.910. The Morgan fingerprint density at radius 1 is 0.833 bits per heavy atom. The Bertz CT molecular complexity index is 636. The number of hydrogen-bond acceptors (Lipinski definition) is 1. The topological polar surface area (TPSA) is 23.8 Å². The average molecular weight is 317 g/mol. The predicted octanol–water partition coefficient (Wildman–Crippen LogP) is 5.84. The predicted molar refractivity (Wildman–Crippen MR) is 76.6 cm³/mol. The van der Waals surface area contributed by atoms with Gasteiger partial charge < -0.3 is 0 Å². The highest BCUT2D eigenvalue weighted by molar-refractivity contribution is 6.41. The van der Waals surface area contributed by atoms with Gasteiger partial charge in [-0.25, -0.2) is 0 Å². The highest BCUT2D eigenvalue weighted by atomic mass is 35.5. The van der Waals surface area contributed by atoms with Crippen LogP contribution in [0.4, 0.5) is 0 Å². The molecule has 0 saturated heterocycles. The van der Waals surface area contributed by atoms with Crippen molar-refractivity contribution in [3.8, 4) is 17.2 Å². The van der Waals surface area contributed by atoms with Crippen LogP contribution in [-0.2, 0) is 0 Å². The lowest BCUT2D eigenvalue weighted by atomic mass is 10.0. The van der Waals surface area contributed by atoms with Crippen molar-refractivity contribution in [1.29, 1.82) is 5.26 Å². The Balaban J connectivity index is 2.67. The molecule has 2 aromatic carbocycles. The highest BCUT2D eigenvalue weighted by Crippen LogP contribution is 2.38. The summed E-state index contributed by atoms with van der Waals surface area (Å²) in [6.45, 7) is 0. The number of nitrogens with zero attached hydrogens (tertiary/aromatic N) is 1. The Kier molecular flexibility index (Phi) is 4.04. The minimum absolute atomic E-state index is 0.372. The van der Waals surface area contributed by atoms with Crippen molar-refractivity contribution in [1.82, 2.24) is 0 Å². The van der Waals surface area contributed by atoms with E-state index in [4.69, 9.17) is 51.7 Å². The normalized spacial score (nSPS) is 10.2. The third-order valence-corrected chi connectivity index (χ3v) is 3.53. The molecule has 0 unspecified atom stereocenters. The van der Waals surface area contributed by atoms with E-state index in [1.54, 1.807) is 30.3 Å². The van der Waals surface area contributed by atoms with Crippen molar-refractivity contribution in [2.45, 2.75) is 0 Å². The van der Waals surface area contributed by atoms with Gasteiger partial charge in [-0.1, -0.05) is 52.5 Å². The van der Waals surface area contributed by atoms with Crippen molar-refractivity contribution >= 4 is 46.4 Å². The molecule has 0 aliphatic rings. The van der Waals surface area contributed by atoms with E-state index >= 15 is 0 Å². The third-order valence-electron chi connectivity index (χ3n) is 2.38. The molecule has 0 amide bonds. The van der Waals surface area contributed by atoms with Gasteiger partial charge in [0.25, 0.3) is 0 Å². The van der Waals surface area contributed by atoms with Crippen molar-refractivity contribution in [2.75, 3.05) is 0 Å². The fraction of sp³-hybridized carbons (Fsp3) is 0.